The Balaban J connectivity index is 1.96. The lowest BCUT2D eigenvalue weighted by Gasteiger charge is -2.13. The maximum absolute atomic E-state index is 12.5. The van der Waals surface area contributed by atoms with Crippen LogP contribution in [0.5, 0.6) is 17.2 Å². The second kappa shape index (κ2) is 10.5. The predicted molar refractivity (Wildman–Crippen MR) is 115 cm³/mol. The van der Waals surface area contributed by atoms with Crippen molar-refractivity contribution in [3.63, 3.8) is 0 Å². The van der Waals surface area contributed by atoms with Gasteiger partial charge in [-0.25, -0.2) is 0 Å². The highest BCUT2D eigenvalue weighted by Crippen LogP contribution is 2.29. The van der Waals surface area contributed by atoms with Crippen molar-refractivity contribution in [1.29, 1.82) is 0 Å². The average Bonchev–Trinajstić information content (AvgIpc) is 2.67. The maximum atomic E-state index is 12.5. The molecular weight excluding hydrogens is 376 g/mol. The summed E-state index contributed by atoms with van der Waals surface area (Å²) in [6.07, 6.45) is 0.954. The lowest BCUT2D eigenvalue weighted by molar-refractivity contribution is 0.0977. The van der Waals surface area contributed by atoms with Gasteiger partial charge in [0.05, 0.1) is 20.8 Å². The molecule has 0 aliphatic rings. The van der Waals surface area contributed by atoms with Crippen LogP contribution in [0.2, 0.25) is 0 Å². The van der Waals surface area contributed by atoms with Crippen LogP contribution in [0, 0.1) is 5.92 Å². The summed E-state index contributed by atoms with van der Waals surface area (Å²) in [5.74, 6) is 2.08. The Morgan fingerprint density at radius 3 is 2.50 bits per heavy atom. The minimum atomic E-state index is -0.313. The van der Waals surface area contributed by atoms with Crippen molar-refractivity contribution in [2.45, 2.75) is 20.3 Å². The third kappa shape index (κ3) is 6.42. The minimum Gasteiger partial charge on any atom is -0.494 e. The molecule has 0 fully saturated rings. The molecule has 28 heavy (non-hydrogen) atoms. The average molecular weight is 403 g/mol. The quantitative estimate of drug-likeness (QED) is 0.643. The highest BCUT2D eigenvalue weighted by Gasteiger charge is 2.11. The molecule has 0 radical (unpaired) electrons. The van der Waals surface area contributed by atoms with Crippen molar-refractivity contribution >= 4 is 28.9 Å². The van der Waals surface area contributed by atoms with Crippen LogP contribution in [0.25, 0.3) is 0 Å². The zero-order valence-corrected chi connectivity index (χ0v) is 17.4. The second-order valence-corrected chi connectivity index (χ2v) is 6.95. The van der Waals surface area contributed by atoms with E-state index < -0.39 is 0 Å². The van der Waals surface area contributed by atoms with Crippen LogP contribution < -0.4 is 24.8 Å². The minimum absolute atomic E-state index is 0.184. The van der Waals surface area contributed by atoms with E-state index in [4.69, 9.17) is 26.4 Å². The zero-order chi connectivity index (χ0) is 20.5. The first-order chi connectivity index (χ1) is 13.4. The fourth-order valence-electron chi connectivity index (χ4n) is 2.39. The van der Waals surface area contributed by atoms with E-state index in [1.807, 2.05) is 6.07 Å². The summed E-state index contributed by atoms with van der Waals surface area (Å²) >= 11 is 5.24. The Morgan fingerprint density at radius 2 is 1.82 bits per heavy atom. The molecule has 7 heteroatoms. The summed E-state index contributed by atoms with van der Waals surface area (Å²) in [5, 5.41) is 5.81. The molecule has 0 saturated heterocycles. The molecule has 0 atom stereocenters. The summed E-state index contributed by atoms with van der Waals surface area (Å²) in [6, 6.07) is 12.3. The van der Waals surface area contributed by atoms with Crippen LogP contribution in [-0.2, 0) is 0 Å². The van der Waals surface area contributed by atoms with Gasteiger partial charge < -0.3 is 19.5 Å². The molecule has 1 amide bonds. The van der Waals surface area contributed by atoms with Crippen molar-refractivity contribution in [3.05, 3.63) is 48.0 Å². The van der Waals surface area contributed by atoms with Crippen LogP contribution in [0.3, 0.4) is 0 Å². The number of thiocarbonyl (C=S) groups is 1. The normalized spacial score (nSPS) is 10.3. The first kappa shape index (κ1) is 21.5. The van der Waals surface area contributed by atoms with Crippen molar-refractivity contribution in [2.24, 2.45) is 5.92 Å². The highest BCUT2D eigenvalue weighted by molar-refractivity contribution is 7.80. The number of ether oxygens (including phenoxy) is 3. The molecule has 0 spiro atoms. The molecule has 150 valence electrons. The first-order valence-electron chi connectivity index (χ1n) is 9.00. The van der Waals surface area contributed by atoms with Gasteiger partial charge in [-0.3, -0.25) is 10.1 Å². The van der Waals surface area contributed by atoms with Crippen LogP contribution in [-0.4, -0.2) is 31.8 Å². The molecule has 0 aliphatic carbocycles. The van der Waals surface area contributed by atoms with Crippen LogP contribution >= 0.6 is 12.2 Å². The molecule has 2 aromatic carbocycles. The standard InChI is InChI=1S/C21H26N2O4S/c1-14(2)10-11-27-17-7-5-6-15(12-17)20(24)23-21(28)22-16-8-9-18(25-3)19(13-16)26-4/h5-9,12-14H,10-11H2,1-4H3,(H2,22,23,24,28). The van der Waals surface area contributed by atoms with Crippen molar-refractivity contribution in [2.75, 3.05) is 26.1 Å². The van der Waals surface area contributed by atoms with Crippen molar-refractivity contribution in [3.8, 4) is 17.2 Å². The van der Waals surface area contributed by atoms with Gasteiger partial charge in [-0.05, 0) is 54.9 Å². The highest BCUT2D eigenvalue weighted by atomic mass is 32.1. The molecule has 0 heterocycles. The monoisotopic (exact) mass is 402 g/mol. The number of nitrogens with one attached hydrogen (secondary N) is 2. The number of carbonyl (C=O) groups excluding carboxylic acids is 1. The third-order valence-electron chi connectivity index (χ3n) is 3.93. The van der Waals surface area contributed by atoms with Crippen molar-refractivity contribution in [1.82, 2.24) is 5.32 Å². The van der Waals surface area contributed by atoms with Gasteiger partial charge in [0.25, 0.3) is 5.91 Å². The molecule has 0 aliphatic heterocycles. The van der Waals surface area contributed by atoms with Crippen LogP contribution in [0.1, 0.15) is 30.6 Å². The zero-order valence-electron chi connectivity index (χ0n) is 16.6. The molecule has 0 bridgehead atoms. The SMILES string of the molecule is COc1ccc(NC(=S)NC(=O)c2cccc(OCCC(C)C)c2)cc1OC. The molecule has 0 aromatic heterocycles. The lowest BCUT2D eigenvalue weighted by Crippen LogP contribution is -2.34. The van der Waals surface area contributed by atoms with Gasteiger partial charge >= 0.3 is 0 Å². The van der Waals surface area contributed by atoms with E-state index in [1.54, 1.807) is 50.6 Å². The van der Waals surface area contributed by atoms with Gasteiger partial charge in [0.2, 0.25) is 0 Å². The van der Waals surface area contributed by atoms with E-state index in [1.165, 1.54) is 0 Å². The molecule has 0 unspecified atom stereocenters. The number of carbonyl (C=O) groups is 1. The van der Waals surface area contributed by atoms with E-state index in [9.17, 15) is 4.79 Å². The number of rotatable bonds is 8. The summed E-state index contributed by atoms with van der Waals surface area (Å²) in [6.45, 7) is 4.89. The predicted octanol–water partition coefficient (Wildman–Crippen LogP) is 4.26. The van der Waals surface area contributed by atoms with Gasteiger partial charge in [-0.2, -0.15) is 0 Å². The van der Waals surface area contributed by atoms with Gasteiger partial charge in [0.15, 0.2) is 16.6 Å². The number of amides is 1. The summed E-state index contributed by atoms with van der Waals surface area (Å²) in [4.78, 5) is 12.5. The van der Waals surface area contributed by atoms with Crippen molar-refractivity contribution < 1.29 is 19.0 Å². The molecule has 2 N–H and O–H groups in total. The number of methoxy groups -OCH3 is 2. The van der Waals surface area contributed by atoms with Gasteiger partial charge in [0, 0.05) is 17.3 Å². The number of anilines is 1. The number of hydrogen-bond acceptors (Lipinski definition) is 5. The molecule has 2 aromatic rings. The lowest BCUT2D eigenvalue weighted by atomic mass is 10.1. The Hall–Kier alpha value is -2.80. The fourth-order valence-corrected chi connectivity index (χ4v) is 2.60. The molecule has 6 nitrogen and oxygen atoms in total. The van der Waals surface area contributed by atoms with Gasteiger partial charge in [-0.1, -0.05) is 19.9 Å². The van der Waals surface area contributed by atoms with E-state index in [0.29, 0.717) is 41.0 Å². The summed E-state index contributed by atoms with van der Waals surface area (Å²) in [5.41, 5.74) is 1.15. The molecule has 0 saturated carbocycles. The Kier molecular flexibility index (Phi) is 8.07. The number of hydrogen-bond donors (Lipinski definition) is 2. The topological polar surface area (TPSA) is 68.8 Å². The second-order valence-electron chi connectivity index (χ2n) is 6.54. The maximum Gasteiger partial charge on any atom is 0.257 e. The van der Waals surface area contributed by atoms with Gasteiger partial charge in [0.1, 0.15) is 5.75 Å². The van der Waals surface area contributed by atoms with Crippen LogP contribution in [0.15, 0.2) is 42.5 Å². The number of benzene rings is 2. The van der Waals surface area contributed by atoms with E-state index >= 15 is 0 Å². The smallest absolute Gasteiger partial charge is 0.257 e. The van der Waals surface area contributed by atoms with E-state index in [-0.39, 0.29) is 11.0 Å². The first-order valence-corrected chi connectivity index (χ1v) is 9.41. The molecular formula is C21H26N2O4S. The van der Waals surface area contributed by atoms with E-state index in [0.717, 1.165) is 6.42 Å². The van der Waals surface area contributed by atoms with Crippen LogP contribution in [0.4, 0.5) is 5.69 Å². The Labute approximate surface area is 171 Å². The fraction of sp³-hybridized carbons (Fsp3) is 0.333. The largest absolute Gasteiger partial charge is 0.494 e. The summed E-state index contributed by atoms with van der Waals surface area (Å²) in [7, 11) is 3.12. The Morgan fingerprint density at radius 1 is 1.07 bits per heavy atom. The Bertz CT molecular complexity index is 824. The van der Waals surface area contributed by atoms with Gasteiger partial charge in [-0.15, -0.1) is 0 Å². The summed E-state index contributed by atoms with van der Waals surface area (Å²) < 4.78 is 16.2. The van der Waals surface area contributed by atoms with E-state index in [2.05, 4.69) is 24.5 Å². The third-order valence-corrected chi connectivity index (χ3v) is 4.13. The molecule has 2 rings (SSSR count).